The fraction of sp³-hybridized carbons (Fsp3) is 0.0588. The molecule has 0 radical (unpaired) electrons. The Morgan fingerprint density at radius 1 is 0.893 bits per heavy atom. The van der Waals surface area contributed by atoms with Gasteiger partial charge in [-0.2, -0.15) is 33.6 Å². The molecule has 28 heavy (non-hydrogen) atoms. The van der Waals surface area contributed by atoms with Gasteiger partial charge in [0.2, 0.25) is 5.95 Å². The number of hydrogen-bond donors (Lipinski definition) is 3. The Bertz CT molecular complexity index is 1130. The first-order chi connectivity index (χ1) is 13.4. The minimum atomic E-state index is -4.38. The molecular formula is C17H11BrF3N7. The van der Waals surface area contributed by atoms with Crippen LogP contribution in [0.25, 0.3) is 11.0 Å². The van der Waals surface area contributed by atoms with Gasteiger partial charge in [0.1, 0.15) is 16.9 Å². The van der Waals surface area contributed by atoms with Gasteiger partial charge in [-0.05, 0) is 58.4 Å². The molecule has 2 aromatic heterocycles. The number of anilines is 4. The molecule has 11 heteroatoms. The summed E-state index contributed by atoms with van der Waals surface area (Å²) in [6, 6.07) is 10.1. The SMILES string of the molecule is FC(F)(F)c1ccc(Nc2ncc(Br)c(Nc3ccc4n[nH]nc4c3)n2)cc1. The van der Waals surface area contributed by atoms with Crippen LogP contribution in [0.5, 0.6) is 0 Å². The molecule has 0 saturated carbocycles. The highest BCUT2D eigenvalue weighted by atomic mass is 79.9. The van der Waals surface area contributed by atoms with Crippen LogP contribution >= 0.6 is 15.9 Å². The van der Waals surface area contributed by atoms with Gasteiger partial charge in [-0.1, -0.05) is 0 Å². The van der Waals surface area contributed by atoms with E-state index in [2.05, 4.69) is 51.9 Å². The summed E-state index contributed by atoms with van der Waals surface area (Å²) in [5.74, 6) is 0.709. The van der Waals surface area contributed by atoms with E-state index in [4.69, 9.17) is 0 Å². The number of aromatic amines is 1. The topological polar surface area (TPSA) is 91.4 Å². The van der Waals surface area contributed by atoms with Crippen molar-refractivity contribution >= 4 is 50.1 Å². The van der Waals surface area contributed by atoms with Crippen LogP contribution in [0.3, 0.4) is 0 Å². The van der Waals surface area contributed by atoms with Gasteiger partial charge in [-0.25, -0.2) is 4.98 Å². The number of halogens is 4. The highest BCUT2D eigenvalue weighted by Crippen LogP contribution is 2.31. The lowest BCUT2D eigenvalue weighted by molar-refractivity contribution is -0.137. The van der Waals surface area contributed by atoms with E-state index in [0.29, 0.717) is 21.5 Å². The number of H-pyrrole nitrogens is 1. The maximum Gasteiger partial charge on any atom is 0.416 e. The van der Waals surface area contributed by atoms with Crippen molar-refractivity contribution in [1.82, 2.24) is 25.4 Å². The van der Waals surface area contributed by atoms with E-state index in [0.717, 1.165) is 23.3 Å². The highest BCUT2D eigenvalue weighted by molar-refractivity contribution is 9.10. The quantitative estimate of drug-likeness (QED) is 0.405. The van der Waals surface area contributed by atoms with Crippen LogP contribution in [-0.2, 0) is 6.18 Å². The third-order valence-corrected chi connectivity index (χ3v) is 4.37. The van der Waals surface area contributed by atoms with Gasteiger partial charge in [-0.3, -0.25) is 0 Å². The molecule has 0 atom stereocenters. The van der Waals surface area contributed by atoms with Gasteiger partial charge in [-0.15, -0.1) is 0 Å². The molecule has 3 N–H and O–H groups in total. The fourth-order valence-corrected chi connectivity index (χ4v) is 2.73. The van der Waals surface area contributed by atoms with E-state index in [1.165, 1.54) is 18.3 Å². The van der Waals surface area contributed by atoms with E-state index in [1.807, 2.05) is 6.07 Å². The second kappa shape index (κ2) is 7.08. The molecule has 0 fully saturated rings. The maximum absolute atomic E-state index is 12.7. The van der Waals surface area contributed by atoms with Gasteiger partial charge in [0.25, 0.3) is 0 Å². The van der Waals surface area contributed by atoms with Crippen LogP contribution in [0.1, 0.15) is 5.56 Å². The maximum atomic E-state index is 12.7. The Hall–Kier alpha value is -3.21. The second-order valence-electron chi connectivity index (χ2n) is 5.74. The standard InChI is InChI=1S/C17H11BrF3N7/c18-12-8-22-16(24-10-3-1-9(2-4-10)17(19,20)21)25-15(12)23-11-5-6-13-14(7-11)27-28-26-13/h1-8H,(H,26,27,28)(H2,22,23,24,25). The molecule has 4 rings (SSSR count). The van der Waals surface area contributed by atoms with Crippen molar-refractivity contribution in [2.24, 2.45) is 0 Å². The Balaban J connectivity index is 1.54. The second-order valence-corrected chi connectivity index (χ2v) is 6.60. The summed E-state index contributed by atoms with van der Waals surface area (Å²) in [6.07, 6.45) is -2.84. The van der Waals surface area contributed by atoms with Crippen molar-refractivity contribution < 1.29 is 13.2 Å². The molecule has 7 nitrogen and oxygen atoms in total. The third-order valence-electron chi connectivity index (χ3n) is 3.79. The summed E-state index contributed by atoms with van der Waals surface area (Å²) in [7, 11) is 0. The van der Waals surface area contributed by atoms with Gasteiger partial charge in [0.05, 0.1) is 10.0 Å². The highest BCUT2D eigenvalue weighted by Gasteiger charge is 2.29. The Morgan fingerprint density at radius 3 is 2.36 bits per heavy atom. The Morgan fingerprint density at radius 2 is 1.61 bits per heavy atom. The average Bonchev–Trinajstić information content (AvgIpc) is 3.12. The number of nitrogens with one attached hydrogen (secondary N) is 3. The summed E-state index contributed by atoms with van der Waals surface area (Å²) in [6.45, 7) is 0. The van der Waals surface area contributed by atoms with Crippen LogP contribution in [-0.4, -0.2) is 25.4 Å². The molecule has 2 heterocycles. The van der Waals surface area contributed by atoms with Gasteiger partial charge in [0.15, 0.2) is 0 Å². The lowest BCUT2D eigenvalue weighted by Crippen LogP contribution is -2.05. The zero-order valence-corrected chi connectivity index (χ0v) is 15.5. The molecule has 4 aromatic rings. The van der Waals surface area contributed by atoms with Gasteiger partial charge in [0, 0.05) is 17.6 Å². The zero-order chi connectivity index (χ0) is 19.7. The normalized spacial score (nSPS) is 11.6. The van der Waals surface area contributed by atoms with Crippen LogP contribution in [0.15, 0.2) is 53.1 Å². The molecule has 0 amide bonds. The van der Waals surface area contributed by atoms with Crippen molar-refractivity contribution in [3.05, 3.63) is 58.7 Å². The smallest absolute Gasteiger partial charge is 0.339 e. The average molecular weight is 450 g/mol. The summed E-state index contributed by atoms with van der Waals surface area (Å²) in [4.78, 5) is 8.49. The monoisotopic (exact) mass is 449 g/mol. The third kappa shape index (κ3) is 3.88. The molecule has 0 aliphatic carbocycles. The number of benzene rings is 2. The number of alkyl halides is 3. The minimum Gasteiger partial charge on any atom is -0.339 e. The summed E-state index contributed by atoms with van der Waals surface area (Å²) >= 11 is 3.37. The van der Waals surface area contributed by atoms with Gasteiger partial charge < -0.3 is 10.6 Å². The first-order valence-electron chi connectivity index (χ1n) is 7.93. The van der Waals surface area contributed by atoms with E-state index in [-0.39, 0.29) is 5.95 Å². The molecule has 0 saturated heterocycles. The first-order valence-corrected chi connectivity index (χ1v) is 8.72. The molecule has 0 spiro atoms. The summed E-state index contributed by atoms with van der Waals surface area (Å²) < 4.78 is 38.6. The van der Waals surface area contributed by atoms with Crippen LogP contribution < -0.4 is 10.6 Å². The number of nitrogens with zero attached hydrogens (tertiary/aromatic N) is 4. The predicted molar refractivity (Wildman–Crippen MR) is 102 cm³/mol. The van der Waals surface area contributed by atoms with E-state index in [1.54, 1.807) is 12.1 Å². The molecule has 0 aliphatic heterocycles. The fourth-order valence-electron chi connectivity index (χ4n) is 2.44. The molecule has 142 valence electrons. The Kier molecular flexibility index (Phi) is 4.59. The van der Waals surface area contributed by atoms with Gasteiger partial charge >= 0.3 is 6.18 Å². The Labute approximate surface area is 164 Å². The molecule has 0 aliphatic rings. The van der Waals surface area contributed by atoms with Crippen LogP contribution in [0.2, 0.25) is 0 Å². The molecular weight excluding hydrogens is 439 g/mol. The lowest BCUT2D eigenvalue weighted by atomic mass is 10.2. The van der Waals surface area contributed by atoms with E-state index in [9.17, 15) is 13.2 Å². The van der Waals surface area contributed by atoms with E-state index >= 15 is 0 Å². The number of hydrogen-bond acceptors (Lipinski definition) is 6. The van der Waals surface area contributed by atoms with E-state index < -0.39 is 11.7 Å². The molecule has 2 aromatic carbocycles. The first kappa shape index (κ1) is 18.2. The molecule has 0 bridgehead atoms. The summed E-state index contributed by atoms with van der Waals surface area (Å²) in [5.41, 5.74) is 1.88. The lowest BCUT2D eigenvalue weighted by Gasteiger charge is -2.11. The van der Waals surface area contributed by atoms with Crippen molar-refractivity contribution in [2.75, 3.05) is 10.6 Å². The van der Waals surface area contributed by atoms with Crippen molar-refractivity contribution in [2.45, 2.75) is 6.18 Å². The van der Waals surface area contributed by atoms with Crippen LogP contribution in [0, 0.1) is 0 Å². The van der Waals surface area contributed by atoms with Crippen molar-refractivity contribution in [1.29, 1.82) is 0 Å². The predicted octanol–water partition coefficient (Wildman–Crippen LogP) is 5.02. The van der Waals surface area contributed by atoms with Crippen LogP contribution in [0.4, 0.5) is 36.3 Å². The van der Waals surface area contributed by atoms with Crippen molar-refractivity contribution in [3.8, 4) is 0 Å². The van der Waals surface area contributed by atoms with Crippen molar-refractivity contribution in [3.63, 3.8) is 0 Å². The summed E-state index contributed by atoms with van der Waals surface area (Å²) in [5, 5.41) is 16.6. The minimum absolute atomic E-state index is 0.230. The number of aromatic nitrogens is 5. The zero-order valence-electron chi connectivity index (χ0n) is 13.9. The number of fused-ring (bicyclic) bond motifs is 1. The molecule has 0 unspecified atom stereocenters. The number of rotatable bonds is 4. The largest absolute Gasteiger partial charge is 0.416 e.